The summed E-state index contributed by atoms with van der Waals surface area (Å²) in [5, 5.41) is 14.5. The van der Waals surface area contributed by atoms with Gasteiger partial charge in [0.15, 0.2) is 0 Å². The first-order chi connectivity index (χ1) is 12.6. The molecule has 1 unspecified atom stereocenters. The molecule has 10 heteroatoms. The van der Waals surface area contributed by atoms with Crippen LogP contribution in [0, 0.1) is 10.1 Å². The third kappa shape index (κ3) is 3.69. The zero-order valence-corrected chi connectivity index (χ0v) is 16.0. The maximum absolute atomic E-state index is 12.8. The Bertz CT molecular complexity index is 865. The topological polar surface area (TPSA) is 126 Å². The fourth-order valence-corrected chi connectivity index (χ4v) is 3.10. The van der Waals surface area contributed by atoms with E-state index in [0.29, 0.717) is 11.4 Å². The molecule has 1 atom stereocenters. The molecule has 0 aromatic carbocycles. The maximum atomic E-state index is 12.8. The molecule has 0 saturated heterocycles. The number of nitrogens with one attached hydrogen (secondary N) is 1. The number of esters is 2. The van der Waals surface area contributed by atoms with Crippen LogP contribution < -0.4 is 5.32 Å². The lowest BCUT2D eigenvalue weighted by atomic mass is 9.82. The molecular weight excluding hydrogens is 356 g/mol. The molecule has 146 valence electrons. The number of rotatable bonds is 5. The van der Waals surface area contributed by atoms with Gasteiger partial charge in [-0.15, -0.1) is 0 Å². The lowest BCUT2D eigenvalue weighted by molar-refractivity contribution is -0.390. The number of hydrogen-bond donors (Lipinski definition) is 1. The smallest absolute Gasteiger partial charge is 0.385 e. The Morgan fingerprint density at radius 1 is 1.26 bits per heavy atom. The molecule has 0 spiro atoms. The van der Waals surface area contributed by atoms with Crippen molar-refractivity contribution >= 4 is 17.8 Å². The molecule has 27 heavy (non-hydrogen) atoms. The molecule has 0 radical (unpaired) electrons. The van der Waals surface area contributed by atoms with Crippen LogP contribution in [-0.4, -0.2) is 39.6 Å². The predicted molar refractivity (Wildman–Crippen MR) is 94.4 cm³/mol. The van der Waals surface area contributed by atoms with Crippen LogP contribution in [0.2, 0.25) is 0 Å². The normalized spacial score (nSPS) is 17.1. The minimum absolute atomic E-state index is 0.0884. The van der Waals surface area contributed by atoms with Gasteiger partial charge in [0.2, 0.25) is 6.33 Å². The van der Waals surface area contributed by atoms with Gasteiger partial charge >= 0.3 is 17.8 Å². The molecule has 0 saturated carbocycles. The van der Waals surface area contributed by atoms with E-state index in [1.165, 1.54) is 18.0 Å². The van der Waals surface area contributed by atoms with Gasteiger partial charge in [-0.05, 0) is 37.6 Å². The number of nitrogens with zero attached hydrogens (tertiary/aromatic N) is 3. The lowest BCUT2D eigenvalue weighted by Crippen LogP contribution is -2.34. The monoisotopic (exact) mass is 378 g/mol. The standard InChI is InChI=1S/C17H22N4O6/c1-8(2)27-17(23)12-10(4)19-9(3)11(16(22)26-6)13(12)14-15(21(24)25)18-7-20(14)5/h7-8,13,19H,1-6H3. The van der Waals surface area contributed by atoms with E-state index in [2.05, 4.69) is 10.3 Å². The van der Waals surface area contributed by atoms with Crippen molar-refractivity contribution in [3.63, 3.8) is 0 Å². The predicted octanol–water partition coefficient (Wildman–Crippen LogP) is 1.69. The average Bonchev–Trinajstić information content (AvgIpc) is 2.94. The van der Waals surface area contributed by atoms with Crippen molar-refractivity contribution in [3.8, 4) is 0 Å². The fraction of sp³-hybridized carbons (Fsp3) is 0.471. The largest absolute Gasteiger partial charge is 0.466 e. The van der Waals surface area contributed by atoms with Crippen molar-refractivity contribution in [3.05, 3.63) is 44.7 Å². The second-order valence-corrected chi connectivity index (χ2v) is 6.40. The van der Waals surface area contributed by atoms with Gasteiger partial charge in [-0.3, -0.25) is 0 Å². The summed E-state index contributed by atoms with van der Waals surface area (Å²) >= 11 is 0. The van der Waals surface area contributed by atoms with E-state index in [-0.39, 0.29) is 16.8 Å². The molecule has 1 aromatic rings. The number of carbonyl (C=O) groups excluding carboxylic acids is 2. The van der Waals surface area contributed by atoms with Crippen LogP contribution in [0.15, 0.2) is 28.9 Å². The Labute approximate surface area is 156 Å². The van der Waals surface area contributed by atoms with Crippen LogP contribution in [-0.2, 0) is 26.1 Å². The Balaban J connectivity index is 2.78. The summed E-state index contributed by atoms with van der Waals surface area (Å²) < 4.78 is 11.6. The molecule has 1 aromatic heterocycles. The molecule has 1 aliphatic rings. The number of ether oxygens (including phenoxy) is 2. The Morgan fingerprint density at radius 2 is 1.81 bits per heavy atom. The van der Waals surface area contributed by atoms with Gasteiger partial charge in [0.1, 0.15) is 5.69 Å². The van der Waals surface area contributed by atoms with Crippen LogP contribution in [0.3, 0.4) is 0 Å². The summed E-state index contributed by atoms with van der Waals surface area (Å²) in [6.45, 7) is 6.65. The second kappa shape index (κ2) is 7.60. The SMILES string of the molecule is COC(=O)C1=C(C)NC(C)=C(C(=O)OC(C)C)C1c1c([N+](=O)[O-])ncn1C. The van der Waals surface area contributed by atoms with Gasteiger partial charge in [0.05, 0.1) is 30.3 Å². The number of nitro groups is 1. The highest BCUT2D eigenvalue weighted by molar-refractivity contribution is 6.00. The Hall–Kier alpha value is -3.17. The van der Waals surface area contributed by atoms with Gasteiger partial charge in [0.25, 0.3) is 0 Å². The number of methoxy groups -OCH3 is 1. The highest BCUT2D eigenvalue weighted by Gasteiger charge is 2.43. The average molecular weight is 378 g/mol. The highest BCUT2D eigenvalue weighted by Crippen LogP contribution is 2.42. The van der Waals surface area contributed by atoms with Gasteiger partial charge in [-0.25, -0.2) is 9.59 Å². The van der Waals surface area contributed by atoms with Crippen LogP contribution in [0.5, 0.6) is 0 Å². The highest BCUT2D eigenvalue weighted by atomic mass is 16.6. The van der Waals surface area contributed by atoms with Gasteiger partial charge in [-0.2, -0.15) is 0 Å². The van der Waals surface area contributed by atoms with Crippen LogP contribution in [0.1, 0.15) is 39.3 Å². The molecule has 0 aliphatic carbocycles. The van der Waals surface area contributed by atoms with Crippen LogP contribution in [0.25, 0.3) is 0 Å². The first-order valence-corrected chi connectivity index (χ1v) is 8.23. The van der Waals surface area contributed by atoms with E-state index in [9.17, 15) is 19.7 Å². The van der Waals surface area contributed by atoms with E-state index >= 15 is 0 Å². The summed E-state index contributed by atoms with van der Waals surface area (Å²) in [6, 6.07) is 0. The van der Waals surface area contributed by atoms with Crippen molar-refractivity contribution in [1.29, 1.82) is 0 Å². The van der Waals surface area contributed by atoms with Crippen molar-refractivity contribution in [2.45, 2.75) is 39.7 Å². The van der Waals surface area contributed by atoms with Gasteiger partial charge < -0.3 is 29.5 Å². The Kier molecular flexibility index (Phi) is 5.67. The summed E-state index contributed by atoms with van der Waals surface area (Å²) in [6.07, 6.45) is 0.856. The van der Waals surface area contributed by atoms with Crippen molar-refractivity contribution in [1.82, 2.24) is 14.9 Å². The zero-order valence-electron chi connectivity index (χ0n) is 16.0. The van der Waals surface area contributed by atoms with Crippen LogP contribution >= 0.6 is 0 Å². The number of aryl methyl sites for hydroxylation is 1. The van der Waals surface area contributed by atoms with E-state index in [0.717, 1.165) is 0 Å². The second-order valence-electron chi connectivity index (χ2n) is 6.40. The number of imidazole rings is 1. The van der Waals surface area contributed by atoms with Gasteiger partial charge in [-0.1, -0.05) is 0 Å². The summed E-state index contributed by atoms with van der Waals surface area (Å²) in [4.78, 5) is 39.9. The van der Waals surface area contributed by atoms with Crippen LogP contribution in [0.4, 0.5) is 5.82 Å². The third-order valence-electron chi connectivity index (χ3n) is 4.14. The number of dihydropyridines is 1. The lowest BCUT2D eigenvalue weighted by Gasteiger charge is -2.30. The fourth-order valence-electron chi connectivity index (χ4n) is 3.10. The quantitative estimate of drug-likeness (QED) is 0.466. The Morgan fingerprint density at radius 3 is 2.30 bits per heavy atom. The number of carbonyl (C=O) groups is 2. The molecular formula is C17H22N4O6. The summed E-state index contributed by atoms with van der Waals surface area (Å²) in [5.41, 5.74) is 1.15. The molecule has 10 nitrogen and oxygen atoms in total. The van der Waals surface area contributed by atoms with E-state index < -0.39 is 34.7 Å². The zero-order chi connectivity index (χ0) is 20.5. The van der Waals surface area contributed by atoms with Crippen molar-refractivity contribution in [2.75, 3.05) is 7.11 Å². The molecule has 0 bridgehead atoms. The van der Waals surface area contributed by atoms with E-state index in [1.807, 2.05) is 0 Å². The number of aromatic nitrogens is 2. The van der Waals surface area contributed by atoms with Crippen molar-refractivity contribution < 1.29 is 24.0 Å². The summed E-state index contributed by atoms with van der Waals surface area (Å²) in [5.74, 6) is -2.88. The minimum Gasteiger partial charge on any atom is -0.466 e. The molecule has 1 N–H and O–H groups in total. The first kappa shape index (κ1) is 20.1. The van der Waals surface area contributed by atoms with Gasteiger partial charge in [0, 0.05) is 18.4 Å². The molecule has 0 fully saturated rings. The third-order valence-corrected chi connectivity index (χ3v) is 4.14. The minimum atomic E-state index is -1.06. The molecule has 0 amide bonds. The number of allylic oxidation sites excluding steroid dienone is 2. The molecule has 2 rings (SSSR count). The summed E-state index contributed by atoms with van der Waals surface area (Å²) in [7, 11) is 2.76. The van der Waals surface area contributed by atoms with E-state index in [4.69, 9.17) is 9.47 Å². The first-order valence-electron chi connectivity index (χ1n) is 8.23. The van der Waals surface area contributed by atoms with Crippen molar-refractivity contribution in [2.24, 2.45) is 7.05 Å². The van der Waals surface area contributed by atoms with E-state index in [1.54, 1.807) is 34.7 Å². The molecule has 2 heterocycles. The maximum Gasteiger partial charge on any atom is 0.385 e. The molecule has 1 aliphatic heterocycles. The number of hydrogen-bond acceptors (Lipinski definition) is 8.